The van der Waals surface area contributed by atoms with E-state index in [1.807, 2.05) is 0 Å². The Bertz CT molecular complexity index is 1260. The van der Waals surface area contributed by atoms with Gasteiger partial charge in [-0.05, 0) is 38.3 Å². The minimum Gasteiger partial charge on any atom is -0.370 e. The van der Waals surface area contributed by atoms with Crippen LogP contribution in [0.5, 0.6) is 0 Å². The van der Waals surface area contributed by atoms with Gasteiger partial charge in [0.1, 0.15) is 10.8 Å². The van der Waals surface area contributed by atoms with Crippen LogP contribution >= 0.6 is 22.9 Å². The maximum absolute atomic E-state index is 13.4. The second-order valence-electron chi connectivity index (χ2n) is 8.15. The van der Waals surface area contributed by atoms with Gasteiger partial charge in [-0.2, -0.15) is 13.2 Å². The van der Waals surface area contributed by atoms with Gasteiger partial charge in [0, 0.05) is 17.8 Å². The van der Waals surface area contributed by atoms with Crippen molar-refractivity contribution in [1.82, 2.24) is 19.9 Å². The fourth-order valence-corrected chi connectivity index (χ4v) is 5.03. The molecule has 1 N–H and O–H groups in total. The van der Waals surface area contributed by atoms with E-state index in [0.717, 1.165) is 42.8 Å². The topological polar surface area (TPSA) is 71.0 Å². The third-order valence-electron chi connectivity index (χ3n) is 5.81. The molecule has 0 spiro atoms. The van der Waals surface area contributed by atoms with E-state index in [2.05, 4.69) is 39.0 Å². The number of allylic oxidation sites excluding steroid dienone is 2. The lowest BCUT2D eigenvalue weighted by Gasteiger charge is -2.22. The number of carbonyl (C=O) groups is 1. The third kappa shape index (κ3) is 5.82. The van der Waals surface area contributed by atoms with Crippen LogP contribution in [0.15, 0.2) is 47.9 Å². The summed E-state index contributed by atoms with van der Waals surface area (Å²) in [5.74, 6) is -0.534. The molecule has 0 unspecified atom stereocenters. The lowest BCUT2D eigenvalue weighted by Crippen LogP contribution is -2.18. The lowest BCUT2D eigenvalue weighted by atomic mass is 10.1. The van der Waals surface area contributed by atoms with Gasteiger partial charge in [0.2, 0.25) is 0 Å². The average molecular weight is 522 g/mol. The number of likely N-dealkylation sites (tertiary alicyclic amines) is 1. The van der Waals surface area contributed by atoms with E-state index in [-0.39, 0.29) is 16.0 Å². The number of aromatic nitrogens is 3. The summed E-state index contributed by atoms with van der Waals surface area (Å²) >= 11 is 6.97. The number of amides is 1. The summed E-state index contributed by atoms with van der Waals surface area (Å²) in [6.07, 6.45) is 0.946. The van der Waals surface area contributed by atoms with Crippen LogP contribution < -0.4 is 5.32 Å². The first-order chi connectivity index (χ1) is 16.7. The molecule has 2 aromatic heterocycles. The number of hydrogen-bond acceptors (Lipinski definition) is 6. The number of nitrogens with one attached hydrogen (secondary N) is 1. The normalized spacial score (nSPS) is 15.4. The number of rotatable bonds is 6. The standard InChI is InChI=1S/C24H23ClF3N5OS/c1-3-14(2)18-8-5-9-33(18)13-19-21(15-6-4-7-16(10-15)24(26,27)28)31-23(35-19)32-22(34)17-11-30-20(25)12-29-17/h4,6-7,10-12H,3,5,8-9,13H2,1-2H3,(H,31,32,34)/b18-14+. The molecular weight excluding hydrogens is 499 g/mol. The number of nitrogens with zero attached hydrogens (tertiary/aromatic N) is 4. The highest BCUT2D eigenvalue weighted by molar-refractivity contribution is 7.16. The minimum absolute atomic E-state index is 0.0510. The summed E-state index contributed by atoms with van der Waals surface area (Å²) in [4.78, 5) is 28.0. The van der Waals surface area contributed by atoms with Crippen LogP contribution in [0, 0.1) is 0 Å². The summed E-state index contributed by atoms with van der Waals surface area (Å²) in [6.45, 7) is 5.56. The Labute approximate surface area is 209 Å². The second-order valence-corrected chi connectivity index (χ2v) is 9.62. The number of alkyl halides is 3. The van der Waals surface area contributed by atoms with Crippen LogP contribution in [0.1, 0.15) is 54.0 Å². The zero-order valence-corrected chi connectivity index (χ0v) is 20.7. The smallest absolute Gasteiger partial charge is 0.370 e. The Hall–Kier alpha value is -2.98. The Morgan fingerprint density at radius 3 is 2.74 bits per heavy atom. The van der Waals surface area contributed by atoms with E-state index in [4.69, 9.17) is 11.6 Å². The molecular formula is C24H23ClF3N5OS. The first-order valence-electron chi connectivity index (χ1n) is 11.1. The Morgan fingerprint density at radius 2 is 2.06 bits per heavy atom. The molecule has 1 aliphatic rings. The predicted molar refractivity (Wildman–Crippen MR) is 130 cm³/mol. The second kappa shape index (κ2) is 10.3. The molecule has 0 bridgehead atoms. The Morgan fingerprint density at radius 1 is 1.26 bits per heavy atom. The van der Waals surface area contributed by atoms with Gasteiger partial charge >= 0.3 is 6.18 Å². The summed E-state index contributed by atoms with van der Waals surface area (Å²) in [7, 11) is 0. The summed E-state index contributed by atoms with van der Waals surface area (Å²) < 4.78 is 40.1. The molecule has 184 valence electrons. The third-order valence-corrected chi connectivity index (χ3v) is 6.97. The highest BCUT2D eigenvalue weighted by Gasteiger charge is 2.31. The van der Waals surface area contributed by atoms with Crippen molar-refractivity contribution in [3.63, 3.8) is 0 Å². The van der Waals surface area contributed by atoms with Crippen molar-refractivity contribution < 1.29 is 18.0 Å². The predicted octanol–water partition coefficient (Wildman–Crippen LogP) is 6.80. The molecule has 0 atom stereocenters. The number of halogens is 4. The fraction of sp³-hybridized carbons (Fsp3) is 0.333. The van der Waals surface area contributed by atoms with Crippen molar-refractivity contribution in [1.29, 1.82) is 0 Å². The number of benzene rings is 1. The van der Waals surface area contributed by atoms with Crippen LogP contribution in [0.4, 0.5) is 18.3 Å². The fourth-order valence-electron chi connectivity index (χ4n) is 3.94. The molecule has 1 amide bonds. The van der Waals surface area contributed by atoms with E-state index in [0.29, 0.717) is 17.8 Å². The largest absolute Gasteiger partial charge is 0.416 e. The van der Waals surface area contributed by atoms with E-state index < -0.39 is 17.6 Å². The molecule has 0 aliphatic carbocycles. The van der Waals surface area contributed by atoms with Crippen molar-refractivity contribution in [2.24, 2.45) is 0 Å². The van der Waals surface area contributed by atoms with Crippen LogP contribution in [0.25, 0.3) is 11.3 Å². The molecule has 1 aromatic carbocycles. The molecule has 0 radical (unpaired) electrons. The van der Waals surface area contributed by atoms with E-state index in [1.165, 1.54) is 41.1 Å². The molecule has 6 nitrogen and oxygen atoms in total. The van der Waals surface area contributed by atoms with Crippen molar-refractivity contribution in [3.8, 4) is 11.3 Å². The Kier molecular flexibility index (Phi) is 7.42. The molecule has 1 aliphatic heterocycles. The molecule has 1 saturated heterocycles. The van der Waals surface area contributed by atoms with Crippen molar-refractivity contribution in [3.05, 3.63) is 69.2 Å². The Balaban J connectivity index is 1.70. The van der Waals surface area contributed by atoms with Crippen LogP contribution in [-0.2, 0) is 12.7 Å². The average Bonchev–Trinajstić information content (AvgIpc) is 3.45. The number of carbonyl (C=O) groups excluding carboxylic acids is 1. The summed E-state index contributed by atoms with van der Waals surface area (Å²) in [5.41, 5.74) is 2.61. The van der Waals surface area contributed by atoms with Gasteiger partial charge in [-0.1, -0.05) is 47.6 Å². The molecule has 0 saturated carbocycles. The SMILES string of the molecule is CC/C(C)=C1\CCCN1Cc1sc(NC(=O)c2cnc(Cl)cn2)nc1-c1cccc(C(F)(F)F)c1. The van der Waals surface area contributed by atoms with E-state index >= 15 is 0 Å². The highest BCUT2D eigenvalue weighted by atomic mass is 35.5. The quantitative estimate of drug-likeness (QED) is 0.386. The van der Waals surface area contributed by atoms with E-state index in [1.54, 1.807) is 6.07 Å². The molecule has 1 fully saturated rings. The number of anilines is 1. The highest BCUT2D eigenvalue weighted by Crippen LogP contribution is 2.38. The van der Waals surface area contributed by atoms with Gasteiger partial charge in [0.15, 0.2) is 5.13 Å². The summed E-state index contributed by atoms with van der Waals surface area (Å²) in [6, 6.07) is 5.09. The molecule has 3 heterocycles. The van der Waals surface area contributed by atoms with Gasteiger partial charge in [-0.3, -0.25) is 10.1 Å². The van der Waals surface area contributed by atoms with Gasteiger partial charge < -0.3 is 4.90 Å². The molecule has 4 rings (SSSR count). The maximum Gasteiger partial charge on any atom is 0.416 e. The first-order valence-corrected chi connectivity index (χ1v) is 12.2. The first kappa shape index (κ1) is 25.1. The minimum atomic E-state index is -4.47. The lowest BCUT2D eigenvalue weighted by molar-refractivity contribution is -0.137. The van der Waals surface area contributed by atoms with Crippen molar-refractivity contribution >= 4 is 34.0 Å². The van der Waals surface area contributed by atoms with Crippen LogP contribution in [0.2, 0.25) is 5.15 Å². The molecule has 3 aromatic rings. The molecule has 11 heteroatoms. The zero-order valence-electron chi connectivity index (χ0n) is 19.1. The summed E-state index contributed by atoms with van der Waals surface area (Å²) in [5, 5.41) is 3.12. The van der Waals surface area contributed by atoms with Crippen LogP contribution in [-0.4, -0.2) is 32.3 Å². The monoisotopic (exact) mass is 521 g/mol. The maximum atomic E-state index is 13.4. The number of hydrogen-bond donors (Lipinski definition) is 1. The van der Waals surface area contributed by atoms with E-state index in [9.17, 15) is 18.0 Å². The zero-order chi connectivity index (χ0) is 25.2. The van der Waals surface area contributed by atoms with Crippen molar-refractivity contribution in [2.45, 2.75) is 45.8 Å². The van der Waals surface area contributed by atoms with Crippen molar-refractivity contribution in [2.75, 3.05) is 11.9 Å². The molecule has 35 heavy (non-hydrogen) atoms. The number of thiazole rings is 1. The van der Waals surface area contributed by atoms with Gasteiger partial charge in [0.05, 0.1) is 35.1 Å². The van der Waals surface area contributed by atoms with Gasteiger partial charge in [-0.25, -0.2) is 15.0 Å². The van der Waals surface area contributed by atoms with Gasteiger partial charge in [-0.15, -0.1) is 0 Å². The van der Waals surface area contributed by atoms with Crippen LogP contribution in [0.3, 0.4) is 0 Å². The van der Waals surface area contributed by atoms with Gasteiger partial charge in [0.25, 0.3) is 5.91 Å².